The molecule has 4 aromatic rings. The van der Waals surface area contributed by atoms with Gasteiger partial charge in [0, 0.05) is 36.6 Å². The number of aromatic nitrogens is 4. The monoisotopic (exact) mass is 508 g/mol. The van der Waals surface area contributed by atoms with Crippen LogP contribution in [0.25, 0.3) is 5.52 Å². The normalized spacial score (nSPS) is 17.3. The maximum Gasteiger partial charge on any atom is 0.512 e. The number of hydrogen-bond donors (Lipinski definition) is 1. The zero-order valence-electron chi connectivity index (χ0n) is 19.5. The van der Waals surface area contributed by atoms with Gasteiger partial charge >= 0.3 is 6.16 Å². The van der Waals surface area contributed by atoms with Crippen LogP contribution in [0.3, 0.4) is 0 Å². The maximum atomic E-state index is 14.6. The number of nitrogens with zero attached hydrogens (tertiary/aromatic N) is 6. The number of pyridine rings is 1. The molecule has 5 heterocycles. The van der Waals surface area contributed by atoms with Crippen LogP contribution in [0.4, 0.5) is 19.3 Å². The number of carbonyl (C=O) groups is 2. The lowest BCUT2D eigenvalue weighted by Crippen LogP contribution is -2.38. The van der Waals surface area contributed by atoms with Crippen LogP contribution in [0, 0.1) is 11.6 Å². The highest BCUT2D eigenvalue weighted by Gasteiger charge is 2.30. The second-order valence-corrected chi connectivity index (χ2v) is 9.08. The third-order valence-electron chi connectivity index (χ3n) is 6.89. The van der Waals surface area contributed by atoms with Gasteiger partial charge < -0.3 is 19.6 Å². The fraction of sp³-hybridized carbons (Fsp3) is 0.280. The van der Waals surface area contributed by atoms with Crippen molar-refractivity contribution in [2.24, 2.45) is 0 Å². The van der Waals surface area contributed by atoms with Gasteiger partial charge in [-0.3, -0.25) is 9.48 Å². The molecule has 0 aliphatic carbocycles. The highest BCUT2D eigenvalue weighted by molar-refractivity contribution is 6.01. The molecule has 0 bridgehead atoms. The molecule has 1 aromatic carbocycles. The molecule has 6 rings (SSSR count). The van der Waals surface area contributed by atoms with Gasteiger partial charge in [0.15, 0.2) is 0 Å². The Bertz CT molecular complexity index is 1530. The Morgan fingerprint density at radius 3 is 2.78 bits per heavy atom. The molecule has 10 nitrogen and oxygen atoms in total. The van der Waals surface area contributed by atoms with Gasteiger partial charge in [0.1, 0.15) is 11.6 Å². The van der Waals surface area contributed by atoms with Crippen molar-refractivity contribution in [2.45, 2.75) is 32.0 Å². The van der Waals surface area contributed by atoms with E-state index in [-0.39, 0.29) is 24.4 Å². The summed E-state index contributed by atoms with van der Waals surface area (Å²) in [4.78, 5) is 28.0. The second kappa shape index (κ2) is 8.87. The molecule has 1 amide bonds. The molecule has 190 valence electrons. The fourth-order valence-corrected chi connectivity index (χ4v) is 5.21. The minimum Gasteiger partial charge on any atom is -0.449 e. The summed E-state index contributed by atoms with van der Waals surface area (Å²) in [6.45, 7) is 1.68. The van der Waals surface area contributed by atoms with Crippen molar-refractivity contribution in [1.82, 2.24) is 24.3 Å². The Morgan fingerprint density at radius 1 is 1.08 bits per heavy atom. The largest absolute Gasteiger partial charge is 0.512 e. The van der Waals surface area contributed by atoms with Crippen LogP contribution in [0.1, 0.15) is 40.5 Å². The minimum atomic E-state index is -1.45. The lowest BCUT2D eigenvalue weighted by molar-refractivity contribution is 0.0708. The van der Waals surface area contributed by atoms with Gasteiger partial charge in [-0.15, -0.1) is 5.10 Å². The lowest BCUT2D eigenvalue weighted by Gasteiger charge is -2.28. The average Bonchev–Trinajstić information content (AvgIpc) is 3.61. The van der Waals surface area contributed by atoms with E-state index in [2.05, 4.69) is 14.9 Å². The first-order chi connectivity index (χ1) is 17.9. The van der Waals surface area contributed by atoms with E-state index < -0.39 is 17.8 Å². The number of halogens is 2. The summed E-state index contributed by atoms with van der Waals surface area (Å²) in [5.74, 6) is -1.19. The number of amides is 1. The van der Waals surface area contributed by atoms with Gasteiger partial charge in [-0.1, -0.05) is 0 Å². The standard InChI is InChI=1S/C25H22F2N6O4/c26-15-3-4-20(27)18(10-15)21-2-1-6-31(21)16-5-7-33-22(11-16)19(13-28-33)24(34)30-8-9-32-17(14-30)12-23(29-32)37-25(35)36/h3-5,7,10-13,21H,1-2,6,8-9,14H2,(H,35,36)/t21-/m1/s1. The molecule has 3 aromatic heterocycles. The molecule has 0 saturated carbocycles. The van der Waals surface area contributed by atoms with Gasteiger partial charge in [-0.05, 0) is 43.2 Å². The molecular formula is C25H22F2N6O4. The van der Waals surface area contributed by atoms with E-state index in [0.29, 0.717) is 48.4 Å². The third kappa shape index (κ3) is 4.13. The fourth-order valence-electron chi connectivity index (χ4n) is 5.21. The molecule has 0 unspecified atom stereocenters. The first-order valence-corrected chi connectivity index (χ1v) is 11.8. The summed E-state index contributed by atoms with van der Waals surface area (Å²) in [5, 5.41) is 17.2. The predicted octanol–water partition coefficient (Wildman–Crippen LogP) is 3.86. The van der Waals surface area contributed by atoms with Crippen LogP contribution in [0.2, 0.25) is 0 Å². The van der Waals surface area contributed by atoms with Gasteiger partial charge in [-0.25, -0.2) is 18.1 Å². The SMILES string of the molecule is O=C(O)Oc1cc2n(n1)CCN(C(=O)c1cnn3ccc(N4CCC[C@@H]4c4cc(F)ccc4F)cc13)C2. The first-order valence-electron chi connectivity index (χ1n) is 11.8. The lowest BCUT2D eigenvalue weighted by atomic mass is 10.0. The number of benzene rings is 1. The van der Waals surface area contributed by atoms with E-state index in [4.69, 9.17) is 5.11 Å². The number of ether oxygens (including phenoxy) is 1. The summed E-state index contributed by atoms with van der Waals surface area (Å²) >= 11 is 0. The van der Waals surface area contributed by atoms with Crippen LogP contribution < -0.4 is 9.64 Å². The minimum absolute atomic E-state index is 0.0349. The number of fused-ring (bicyclic) bond motifs is 2. The average molecular weight is 508 g/mol. The molecule has 2 aliphatic rings. The molecule has 1 fully saturated rings. The number of hydrogen-bond acceptors (Lipinski definition) is 6. The van der Waals surface area contributed by atoms with Gasteiger partial charge in [0.05, 0.1) is 42.1 Å². The number of carbonyl (C=O) groups excluding carboxylic acids is 1. The number of carboxylic acid groups (broad SMARTS) is 1. The molecule has 0 spiro atoms. The van der Waals surface area contributed by atoms with E-state index in [1.54, 1.807) is 20.3 Å². The van der Waals surface area contributed by atoms with E-state index in [1.165, 1.54) is 18.3 Å². The highest BCUT2D eigenvalue weighted by Crippen LogP contribution is 2.38. The summed E-state index contributed by atoms with van der Waals surface area (Å²) in [5.41, 5.74) is 2.77. The summed E-state index contributed by atoms with van der Waals surface area (Å²) < 4.78 is 36.3. The molecule has 12 heteroatoms. The smallest absolute Gasteiger partial charge is 0.449 e. The Labute approximate surface area is 209 Å². The summed E-state index contributed by atoms with van der Waals surface area (Å²) in [6.07, 6.45) is 3.32. The van der Waals surface area contributed by atoms with Crippen LogP contribution in [-0.4, -0.2) is 54.6 Å². The molecule has 1 N–H and O–H groups in total. The van der Waals surface area contributed by atoms with Crippen molar-refractivity contribution in [3.8, 4) is 5.88 Å². The summed E-state index contributed by atoms with van der Waals surface area (Å²) in [6, 6.07) is 8.40. The molecule has 1 atom stereocenters. The Morgan fingerprint density at radius 2 is 1.95 bits per heavy atom. The Balaban J connectivity index is 1.28. The van der Waals surface area contributed by atoms with E-state index in [1.807, 2.05) is 17.0 Å². The summed E-state index contributed by atoms with van der Waals surface area (Å²) in [7, 11) is 0. The molecule has 2 aliphatic heterocycles. The highest BCUT2D eigenvalue weighted by atomic mass is 19.1. The topological polar surface area (TPSA) is 105 Å². The third-order valence-corrected chi connectivity index (χ3v) is 6.89. The molecular weight excluding hydrogens is 486 g/mol. The zero-order valence-corrected chi connectivity index (χ0v) is 19.5. The van der Waals surface area contributed by atoms with Crippen molar-refractivity contribution in [1.29, 1.82) is 0 Å². The predicted molar refractivity (Wildman–Crippen MR) is 126 cm³/mol. The van der Waals surface area contributed by atoms with Crippen molar-refractivity contribution < 1.29 is 28.2 Å². The molecule has 0 radical (unpaired) electrons. The van der Waals surface area contributed by atoms with E-state index in [0.717, 1.165) is 24.2 Å². The van der Waals surface area contributed by atoms with Crippen molar-refractivity contribution >= 4 is 23.3 Å². The number of anilines is 1. The van der Waals surface area contributed by atoms with Crippen molar-refractivity contribution in [2.75, 3.05) is 18.0 Å². The van der Waals surface area contributed by atoms with E-state index in [9.17, 15) is 18.4 Å². The maximum absolute atomic E-state index is 14.6. The van der Waals surface area contributed by atoms with Crippen LogP contribution in [-0.2, 0) is 13.1 Å². The van der Waals surface area contributed by atoms with Crippen LogP contribution >= 0.6 is 0 Å². The quantitative estimate of drug-likeness (QED) is 0.418. The Kier molecular flexibility index (Phi) is 5.50. The van der Waals surface area contributed by atoms with Crippen molar-refractivity contribution in [3.05, 3.63) is 77.2 Å². The van der Waals surface area contributed by atoms with Gasteiger partial charge in [0.25, 0.3) is 5.91 Å². The van der Waals surface area contributed by atoms with Gasteiger partial charge in [-0.2, -0.15) is 5.10 Å². The van der Waals surface area contributed by atoms with Gasteiger partial charge in [0.2, 0.25) is 5.88 Å². The zero-order chi connectivity index (χ0) is 25.7. The Hall–Kier alpha value is -4.48. The first kappa shape index (κ1) is 23.0. The van der Waals surface area contributed by atoms with E-state index >= 15 is 0 Å². The number of rotatable bonds is 4. The van der Waals surface area contributed by atoms with Crippen molar-refractivity contribution in [3.63, 3.8) is 0 Å². The molecule has 37 heavy (non-hydrogen) atoms. The second-order valence-electron chi connectivity index (χ2n) is 9.08. The van der Waals surface area contributed by atoms with Crippen LogP contribution in [0.5, 0.6) is 5.88 Å². The van der Waals surface area contributed by atoms with Crippen LogP contribution in [0.15, 0.2) is 48.8 Å². The molecule has 1 saturated heterocycles.